The van der Waals surface area contributed by atoms with Crippen LogP contribution in [0.3, 0.4) is 0 Å². The normalized spacial score (nSPS) is 16.4. The van der Waals surface area contributed by atoms with Gasteiger partial charge in [-0.1, -0.05) is 54.6 Å². The summed E-state index contributed by atoms with van der Waals surface area (Å²) < 4.78 is 5.12. The highest BCUT2D eigenvalue weighted by molar-refractivity contribution is 5.88. The number of rotatable bonds is 6. The molecule has 0 radical (unpaired) electrons. The van der Waals surface area contributed by atoms with E-state index in [0.29, 0.717) is 13.0 Å². The zero-order valence-electron chi connectivity index (χ0n) is 15.7. The second-order valence-electron chi connectivity index (χ2n) is 6.90. The molecule has 2 amide bonds. The number of hydrogen-bond acceptors (Lipinski definition) is 4. The van der Waals surface area contributed by atoms with Crippen LogP contribution >= 0.6 is 0 Å². The number of primary amides is 1. The van der Waals surface area contributed by atoms with E-state index in [0.717, 1.165) is 29.5 Å². The van der Waals surface area contributed by atoms with Crippen LogP contribution in [0.1, 0.15) is 24.8 Å². The lowest BCUT2D eigenvalue weighted by Crippen LogP contribution is -2.51. The van der Waals surface area contributed by atoms with Gasteiger partial charge in [0.05, 0.1) is 6.42 Å². The molecule has 146 valence electrons. The lowest BCUT2D eigenvalue weighted by atomic mass is 10.0. The highest BCUT2D eigenvalue weighted by Gasteiger charge is 2.30. The number of nitrogens with two attached hydrogens (primary N) is 1. The minimum Gasteiger partial charge on any atom is -0.455 e. The average Bonchev–Trinajstić information content (AvgIpc) is 2.73. The number of amides is 2. The Labute approximate surface area is 164 Å². The third-order valence-corrected chi connectivity index (χ3v) is 4.92. The maximum absolute atomic E-state index is 12.3. The number of likely N-dealkylation sites (tertiary alicyclic amines) is 1. The molecule has 2 aromatic rings. The van der Waals surface area contributed by atoms with E-state index in [9.17, 15) is 14.4 Å². The van der Waals surface area contributed by atoms with E-state index in [4.69, 9.17) is 10.5 Å². The predicted molar refractivity (Wildman–Crippen MR) is 105 cm³/mol. The second kappa shape index (κ2) is 9.17. The smallest absolute Gasteiger partial charge is 0.310 e. The summed E-state index contributed by atoms with van der Waals surface area (Å²) >= 11 is 0. The topological polar surface area (TPSA) is 89.7 Å². The molecule has 1 aliphatic heterocycles. The van der Waals surface area contributed by atoms with Crippen LogP contribution < -0.4 is 5.73 Å². The van der Waals surface area contributed by atoms with Crippen molar-refractivity contribution in [2.24, 2.45) is 5.73 Å². The Morgan fingerprint density at radius 3 is 2.32 bits per heavy atom. The minimum absolute atomic E-state index is 0.0849. The number of esters is 1. The molecule has 6 nitrogen and oxygen atoms in total. The van der Waals surface area contributed by atoms with Crippen LogP contribution in [0, 0.1) is 0 Å². The first-order valence-corrected chi connectivity index (χ1v) is 9.43. The largest absolute Gasteiger partial charge is 0.455 e. The van der Waals surface area contributed by atoms with Crippen molar-refractivity contribution < 1.29 is 19.1 Å². The summed E-state index contributed by atoms with van der Waals surface area (Å²) in [7, 11) is 0. The van der Waals surface area contributed by atoms with Gasteiger partial charge in [-0.25, -0.2) is 0 Å². The minimum atomic E-state index is -0.606. The second-order valence-corrected chi connectivity index (χ2v) is 6.90. The summed E-state index contributed by atoms with van der Waals surface area (Å²) in [4.78, 5) is 37.3. The molecule has 0 aromatic heterocycles. The third-order valence-electron chi connectivity index (χ3n) is 4.92. The summed E-state index contributed by atoms with van der Waals surface area (Å²) in [5.41, 5.74) is 8.35. The van der Waals surface area contributed by atoms with Crippen molar-refractivity contribution in [3.05, 3.63) is 60.2 Å². The number of nitrogens with zero attached hydrogens (tertiary/aromatic N) is 1. The molecule has 0 bridgehead atoms. The molecule has 0 spiro atoms. The Bertz CT molecular complexity index is 833. The Morgan fingerprint density at radius 2 is 1.64 bits per heavy atom. The maximum atomic E-state index is 12.3. The molecular weight excluding hydrogens is 356 g/mol. The SMILES string of the molecule is NC(=O)[C@@H]1CCCCN1C(=O)COC(=O)Cc1ccc(-c2ccccc2)cc1. The van der Waals surface area contributed by atoms with Crippen molar-refractivity contribution in [1.82, 2.24) is 4.90 Å². The van der Waals surface area contributed by atoms with Gasteiger partial charge in [-0.05, 0) is 36.0 Å². The molecule has 1 fully saturated rings. The fraction of sp³-hybridized carbons (Fsp3) is 0.318. The summed E-state index contributed by atoms with van der Waals surface area (Å²) in [6.45, 7) is 0.0929. The van der Waals surface area contributed by atoms with E-state index in [1.165, 1.54) is 4.90 Å². The number of ether oxygens (including phenoxy) is 1. The van der Waals surface area contributed by atoms with Gasteiger partial charge in [-0.15, -0.1) is 0 Å². The molecule has 0 saturated carbocycles. The van der Waals surface area contributed by atoms with Gasteiger partial charge in [0.15, 0.2) is 6.61 Å². The Morgan fingerprint density at radius 1 is 0.964 bits per heavy atom. The van der Waals surface area contributed by atoms with Crippen LogP contribution in [-0.4, -0.2) is 41.9 Å². The van der Waals surface area contributed by atoms with Gasteiger partial charge < -0.3 is 15.4 Å². The standard InChI is InChI=1S/C22H24N2O4/c23-22(27)19-8-4-5-13-24(19)20(25)15-28-21(26)14-16-9-11-18(12-10-16)17-6-2-1-3-7-17/h1-3,6-7,9-12,19H,4-5,8,13-15H2,(H2,23,27)/t19-/m0/s1. The monoisotopic (exact) mass is 380 g/mol. The van der Waals surface area contributed by atoms with Crippen molar-refractivity contribution >= 4 is 17.8 Å². The molecule has 2 aromatic carbocycles. The van der Waals surface area contributed by atoms with Crippen LogP contribution in [0.2, 0.25) is 0 Å². The summed E-state index contributed by atoms with van der Waals surface area (Å²) in [5.74, 6) is -1.37. The molecule has 1 saturated heterocycles. The van der Waals surface area contributed by atoms with E-state index in [1.807, 2.05) is 54.6 Å². The maximum Gasteiger partial charge on any atom is 0.310 e. The predicted octanol–water partition coefficient (Wildman–Crippen LogP) is 2.31. The summed E-state index contributed by atoms with van der Waals surface area (Å²) in [6.07, 6.45) is 2.32. The Hall–Kier alpha value is -3.15. The summed E-state index contributed by atoms with van der Waals surface area (Å²) in [6, 6.07) is 17.0. The third kappa shape index (κ3) is 4.97. The number of carbonyl (C=O) groups excluding carboxylic acids is 3. The zero-order chi connectivity index (χ0) is 19.9. The van der Waals surface area contributed by atoms with E-state index in [2.05, 4.69) is 0 Å². The van der Waals surface area contributed by atoms with Gasteiger partial charge in [-0.3, -0.25) is 14.4 Å². The van der Waals surface area contributed by atoms with Gasteiger partial charge in [0.2, 0.25) is 5.91 Å². The van der Waals surface area contributed by atoms with Gasteiger partial charge in [0.1, 0.15) is 6.04 Å². The van der Waals surface area contributed by atoms with Crippen LogP contribution in [0.25, 0.3) is 11.1 Å². The number of carbonyl (C=O) groups is 3. The first-order chi connectivity index (χ1) is 13.5. The highest BCUT2D eigenvalue weighted by Crippen LogP contribution is 2.20. The molecule has 1 atom stereocenters. The van der Waals surface area contributed by atoms with Crippen molar-refractivity contribution in [3.8, 4) is 11.1 Å². The first kappa shape index (κ1) is 19.6. The molecule has 1 aliphatic rings. The van der Waals surface area contributed by atoms with E-state index in [-0.39, 0.29) is 18.9 Å². The molecule has 3 rings (SSSR count). The van der Waals surface area contributed by atoms with Gasteiger partial charge in [0, 0.05) is 6.54 Å². The van der Waals surface area contributed by atoms with Gasteiger partial charge in [-0.2, -0.15) is 0 Å². The molecular formula is C22H24N2O4. The van der Waals surface area contributed by atoms with Crippen LogP contribution in [0.15, 0.2) is 54.6 Å². The van der Waals surface area contributed by atoms with Crippen LogP contribution in [0.5, 0.6) is 0 Å². The molecule has 1 heterocycles. The lowest BCUT2D eigenvalue weighted by Gasteiger charge is -2.33. The lowest BCUT2D eigenvalue weighted by molar-refractivity contribution is -0.154. The average molecular weight is 380 g/mol. The first-order valence-electron chi connectivity index (χ1n) is 9.43. The van der Waals surface area contributed by atoms with Gasteiger partial charge in [0.25, 0.3) is 5.91 Å². The quantitative estimate of drug-likeness (QED) is 0.779. The van der Waals surface area contributed by atoms with Crippen molar-refractivity contribution in [2.75, 3.05) is 13.2 Å². The van der Waals surface area contributed by atoms with Crippen molar-refractivity contribution in [3.63, 3.8) is 0 Å². The van der Waals surface area contributed by atoms with Gasteiger partial charge >= 0.3 is 5.97 Å². The number of benzene rings is 2. The van der Waals surface area contributed by atoms with E-state index < -0.39 is 17.9 Å². The fourth-order valence-corrected chi connectivity index (χ4v) is 3.41. The van der Waals surface area contributed by atoms with Crippen molar-refractivity contribution in [2.45, 2.75) is 31.7 Å². The highest BCUT2D eigenvalue weighted by atomic mass is 16.5. The molecule has 28 heavy (non-hydrogen) atoms. The Balaban J connectivity index is 1.51. The van der Waals surface area contributed by atoms with Crippen LogP contribution in [0.4, 0.5) is 0 Å². The number of piperidine rings is 1. The van der Waals surface area contributed by atoms with Crippen LogP contribution in [-0.2, 0) is 25.5 Å². The molecule has 2 N–H and O–H groups in total. The van der Waals surface area contributed by atoms with E-state index in [1.54, 1.807) is 0 Å². The molecule has 0 unspecified atom stereocenters. The summed E-state index contributed by atoms with van der Waals surface area (Å²) in [5, 5.41) is 0. The molecule has 6 heteroatoms. The van der Waals surface area contributed by atoms with E-state index >= 15 is 0 Å². The molecule has 0 aliphatic carbocycles. The Kier molecular flexibility index (Phi) is 6.42. The zero-order valence-corrected chi connectivity index (χ0v) is 15.7. The number of hydrogen-bond donors (Lipinski definition) is 1. The van der Waals surface area contributed by atoms with Crippen molar-refractivity contribution in [1.29, 1.82) is 0 Å². The fourth-order valence-electron chi connectivity index (χ4n) is 3.41.